The molecule has 1 aliphatic rings. The number of methoxy groups -OCH3 is 1. The molecule has 0 spiro atoms. The molecule has 9 heteroatoms. The van der Waals surface area contributed by atoms with E-state index >= 15 is 0 Å². The first kappa shape index (κ1) is 25.6. The molecule has 9 nitrogen and oxygen atoms in total. The number of aromatic amines is 1. The van der Waals surface area contributed by atoms with E-state index < -0.39 is 41.3 Å². The van der Waals surface area contributed by atoms with E-state index in [0.717, 1.165) is 33.1 Å². The molecule has 0 unspecified atom stereocenters. The molecule has 4 aromatic rings. The number of H-pyrrole nitrogens is 1. The van der Waals surface area contributed by atoms with Crippen molar-refractivity contribution >= 4 is 0 Å². The minimum Gasteiger partial charge on any atom is -0.497 e. The van der Waals surface area contributed by atoms with Crippen molar-refractivity contribution in [2.75, 3.05) is 13.7 Å². The quantitative estimate of drug-likeness (QED) is 0.264. The molecule has 1 aromatic heterocycles. The van der Waals surface area contributed by atoms with Crippen LogP contribution in [0.5, 0.6) is 5.75 Å². The van der Waals surface area contributed by atoms with Crippen LogP contribution in [0.4, 0.5) is 0 Å². The zero-order chi connectivity index (χ0) is 26.7. The Morgan fingerprint density at radius 3 is 2.00 bits per heavy atom. The Balaban J connectivity index is 1.54. The van der Waals surface area contributed by atoms with Gasteiger partial charge in [-0.05, 0) is 28.8 Å². The number of rotatable bonds is 8. The highest BCUT2D eigenvalue weighted by atomic mass is 16.6. The number of aromatic nitrogens is 2. The Morgan fingerprint density at radius 1 is 0.868 bits per heavy atom. The number of hydrogen-bond acceptors (Lipinski definition) is 7. The minimum absolute atomic E-state index is 0.128. The van der Waals surface area contributed by atoms with Crippen molar-refractivity contribution < 1.29 is 19.7 Å². The average Bonchev–Trinajstić information content (AvgIpc) is 3.23. The highest BCUT2D eigenvalue weighted by Crippen LogP contribution is 2.38. The molecule has 4 N–H and O–H groups in total. The molecule has 0 bridgehead atoms. The van der Waals surface area contributed by atoms with E-state index in [1.807, 2.05) is 84.9 Å². The molecule has 3 aromatic carbocycles. The zero-order valence-corrected chi connectivity index (χ0v) is 20.7. The number of benzene rings is 3. The minimum atomic E-state index is -1.38. The van der Waals surface area contributed by atoms with Gasteiger partial charge in [0, 0.05) is 18.8 Å². The van der Waals surface area contributed by atoms with Gasteiger partial charge >= 0.3 is 5.69 Å². The van der Waals surface area contributed by atoms with Gasteiger partial charge in [0.25, 0.3) is 5.56 Å². The largest absolute Gasteiger partial charge is 0.497 e. The predicted molar refractivity (Wildman–Crippen MR) is 141 cm³/mol. The smallest absolute Gasteiger partial charge is 0.330 e. The maximum atomic E-state index is 12.3. The fraction of sp³-hybridized carbons (Fsp3) is 0.241. The van der Waals surface area contributed by atoms with Gasteiger partial charge in [0.05, 0.1) is 12.6 Å². The number of aliphatic hydroxyl groups excluding tert-OH is 2. The van der Waals surface area contributed by atoms with E-state index in [9.17, 15) is 19.8 Å². The van der Waals surface area contributed by atoms with Crippen LogP contribution in [-0.2, 0) is 10.3 Å². The van der Waals surface area contributed by atoms with Crippen LogP contribution < -0.4 is 21.3 Å². The third-order valence-electron chi connectivity index (χ3n) is 6.97. The number of hydrogen-bond donors (Lipinski definition) is 4. The molecule has 0 saturated carbocycles. The Labute approximate surface area is 218 Å². The molecule has 0 aliphatic carbocycles. The number of ether oxygens (including phenoxy) is 2. The van der Waals surface area contributed by atoms with E-state index in [4.69, 9.17) is 9.47 Å². The molecule has 5 rings (SSSR count). The first-order valence-electron chi connectivity index (χ1n) is 12.3. The van der Waals surface area contributed by atoms with Crippen LogP contribution in [0.15, 0.2) is 107 Å². The van der Waals surface area contributed by atoms with Gasteiger partial charge in [0.2, 0.25) is 0 Å². The van der Waals surface area contributed by atoms with Crippen molar-refractivity contribution in [3.05, 3.63) is 135 Å². The number of nitrogens with one attached hydrogen (secondary N) is 2. The number of nitrogens with zero attached hydrogens (tertiary/aromatic N) is 1. The molecular weight excluding hydrogens is 486 g/mol. The SMILES string of the molecule is COc1ccc(C(NC[C@H]2O[C@@H](n3ccc(=O)[nH]c3=O)[C@H](O)[C@@H]2O)(c2ccccc2)c2ccccc2)cc1. The van der Waals surface area contributed by atoms with Crippen LogP contribution in [-0.4, -0.2) is 51.7 Å². The van der Waals surface area contributed by atoms with Crippen LogP contribution in [0, 0.1) is 0 Å². The summed E-state index contributed by atoms with van der Waals surface area (Å²) in [5, 5.41) is 25.3. The lowest BCUT2D eigenvalue weighted by atomic mass is 9.76. The second kappa shape index (κ2) is 10.8. The molecule has 0 amide bonds. The molecule has 1 saturated heterocycles. The zero-order valence-electron chi connectivity index (χ0n) is 20.7. The molecule has 2 heterocycles. The average molecular weight is 516 g/mol. The molecular formula is C29H29N3O6. The fourth-order valence-electron chi connectivity index (χ4n) is 5.03. The van der Waals surface area contributed by atoms with Crippen LogP contribution in [0.1, 0.15) is 22.9 Å². The first-order chi connectivity index (χ1) is 18.4. The van der Waals surface area contributed by atoms with E-state index in [-0.39, 0.29) is 6.54 Å². The summed E-state index contributed by atoms with van der Waals surface area (Å²) in [5.41, 5.74) is 0.694. The lowest BCUT2D eigenvalue weighted by Gasteiger charge is -2.38. The number of aliphatic hydroxyl groups is 2. The van der Waals surface area contributed by atoms with Crippen LogP contribution >= 0.6 is 0 Å². The van der Waals surface area contributed by atoms with Crippen molar-refractivity contribution in [1.82, 2.24) is 14.9 Å². The maximum absolute atomic E-state index is 12.3. The Hall–Kier alpha value is -4.02. The standard InChI is InChI=1S/C29H29N3O6/c1-37-22-14-12-21(13-15-22)29(19-8-4-2-5-9-19,20-10-6-3-7-11-20)30-18-23-25(34)26(35)27(38-23)32-17-16-24(33)31-28(32)36/h2-17,23,25-27,30,34-35H,18H2,1H3,(H,31,33,36)/t23-,25-,26-,27-/m1/s1. The maximum Gasteiger partial charge on any atom is 0.330 e. The highest BCUT2D eigenvalue weighted by molar-refractivity contribution is 5.50. The Kier molecular flexibility index (Phi) is 7.26. The van der Waals surface area contributed by atoms with Gasteiger partial charge in [-0.2, -0.15) is 0 Å². The molecule has 1 fully saturated rings. The summed E-state index contributed by atoms with van der Waals surface area (Å²) in [6.45, 7) is 0.128. The Bertz CT molecular complexity index is 1430. The van der Waals surface area contributed by atoms with E-state index in [0.29, 0.717) is 0 Å². The van der Waals surface area contributed by atoms with Crippen molar-refractivity contribution in [2.24, 2.45) is 0 Å². The van der Waals surface area contributed by atoms with Crippen molar-refractivity contribution in [1.29, 1.82) is 0 Å². The fourth-order valence-corrected chi connectivity index (χ4v) is 5.03. The summed E-state index contributed by atoms with van der Waals surface area (Å²) in [5.74, 6) is 0.718. The van der Waals surface area contributed by atoms with E-state index in [1.54, 1.807) is 7.11 Å². The second-order valence-electron chi connectivity index (χ2n) is 9.16. The van der Waals surface area contributed by atoms with Crippen LogP contribution in [0.2, 0.25) is 0 Å². The van der Waals surface area contributed by atoms with Gasteiger partial charge in [-0.3, -0.25) is 19.7 Å². The molecule has 4 atom stereocenters. The molecule has 0 radical (unpaired) electrons. The van der Waals surface area contributed by atoms with Gasteiger partial charge in [0.1, 0.15) is 24.1 Å². The van der Waals surface area contributed by atoms with Gasteiger partial charge in [-0.15, -0.1) is 0 Å². The van der Waals surface area contributed by atoms with E-state index in [1.165, 1.54) is 6.20 Å². The summed E-state index contributed by atoms with van der Waals surface area (Å²) in [4.78, 5) is 26.0. The third kappa shape index (κ3) is 4.68. The van der Waals surface area contributed by atoms with Crippen molar-refractivity contribution in [3.63, 3.8) is 0 Å². The topological polar surface area (TPSA) is 126 Å². The second-order valence-corrected chi connectivity index (χ2v) is 9.16. The normalized spacial score (nSPS) is 21.3. The summed E-state index contributed by atoms with van der Waals surface area (Å²) in [6.07, 6.45) is -3.45. The molecule has 38 heavy (non-hydrogen) atoms. The summed E-state index contributed by atoms with van der Waals surface area (Å²) in [6, 6.07) is 28.7. The monoisotopic (exact) mass is 515 g/mol. The van der Waals surface area contributed by atoms with Gasteiger partial charge in [-0.25, -0.2) is 4.79 Å². The van der Waals surface area contributed by atoms with Crippen molar-refractivity contribution in [3.8, 4) is 5.75 Å². The van der Waals surface area contributed by atoms with Crippen LogP contribution in [0.25, 0.3) is 0 Å². The van der Waals surface area contributed by atoms with Crippen LogP contribution in [0.3, 0.4) is 0 Å². The highest BCUT2D eigenvalue weighted by Gasteiger charge is 2.45. The predicted octanol–water partition coefficient (Wildman–Crippen LogP) is 1.75. The van der Waals surface area contributed by atoms with Gasteiger partial charge in [0.15, 0.2) is 6.23 Å². The molecule has 196 valence electrons. The summed E-state index contributed by atoms with van der Waals surface area (Å²) in [7, 11) is 1.61. The van der Waals surface area contributed by atoms with Gasteiger partial charge < -0.3 is 19.7 Å². The Morgan fingerprint density at radius 2 is 1.45 bits per heavy atom. The van der Waals surface area contributed by atoms with E-state index in [2.05, 4.69) is 10.3 Å². The first-order valence-corrected chi connectivity index (χ1v) is 12.3. The molecule has 1 aliphatic heterocycles. The van der Waals surface area contributed by atoms with Gasteiger partial charge in [-0.1, -0.05) is 72.8 Å². The van der Waals surface area contributed by atoms with Crippen molar-refractivity contribution in [2.45, 2.75) is 30.1 Å². The lowest BCUT2D eigenvalue weighted by Crippen LogP contribution is -2.49. The summed E-state index contributed by atoms with van der Waals surface area (Å²) < 4.78 is 12.4. The third-order valence-corrected chi connectivity index (χ3v) is 6.97. The summed E-state index contributed by atoms with van der Waals surface area (Å²) >= 11 is 0. The lowest BCUT2D eigenvalue weighted by molar-refractivity contribution is -0.0400.